The van der Waals surface area contributed by atoms with Crippen LogP contribution in [0.15, 0.2) is 59.5 Å². The number of benzene rings is 2. The van der Waals surface area contributed by atoms with Crippen LogP contribution >= 0.6 is 0 Å². The van der Waals surface area contributed by atoms with Gasteiger partial charge in [0.25, 0.3) is 0 Å². The second-order valence-corrected chi connectivity index (χ2v) is 6.17. The van der Waals surface area contributed by atoms with Crippen LogP contribution in [0.5, 0.6) is 0 Å². The molecule has 5 heteroatoms. The number of sulfone groups is 1. The van der Waals surface area contributed by atoms with Crippen molar-refractivity contribution < 1.29 is 12.8 Å². The van der Waals surface area contributed by atoms with Crippen LogP contribution in [0.25, 0.3) is 0 Å². The molecule has 0 bridgehead atoms. The molecule has 0 unspecified atom stereocenters. The minimum absolute atomic E-state index is 0.00557. The van der Waals surface area contributed by atoms with Gasteiger partial charge in [-0.1, -0.05) is 18.2 Å². The van der Waals surface area contributed by atoms with Crippen LogP contribution in [0, 0.1) is 5.82 Å². The molecular weight excluding hydrogens is 265 g/mol. The maximum atomic E-state index is 12.7. The molecule has 0 aromatic heterocycles. The summed E-state index contributed by atoms with van der Waals surface area (Å²) in [5.74, 6) is -0.323. The van der Waals surface area contributed by atoms with E-state index in [0.717, 1.165) is 0 Å². The fourth-order valence-corrected chi connectivity index (χ4v) is 2.82. The molecule has 0 heterocycles. The minimum Gasteiger partial charge on any atom is -0.384 e. The van der Waals surface area contributed by atoms with Crippen molar-refractivity contribution in [2.75, 3.05) is 17.6 Å². The first-order chi connectivity index (χ1) is 9.08. The summed E-state index contributed by atoms with van der Waals surface area (Å²) >= 11 is 0. The van der Waals surface area contributed by atoms with Crippen molar-refractivity contribution in [3.05, 3.63) is 60.4 Å². The van der Waals surface area contributed by atoms with E-state index < -0.39 is 9.84 Å². The van der Waals surface area contributed by atoms with E-state index >= 15 is 0 Å². The van der Waals surface area contributed by atoms with Crippen molar-refractivity contribution in [2.24, 2.45) is 0 Å². The lowest BCUT2D eigenvalue weighted by atomic mass is 10.3. The molecule has 0 saturated carbocycles. The molecule has 2 aromatic carbocycles. The molecule has 1 N–H and O–H groups in total. The largest absolute Gasteiger partial charge is 0.384 e. The van der Waals surface area contributed by atoms with Crippen LogP contribution in [0.1, 0.15) is 0 Å². The van der Waals surface area contributed by atoms with Crippen LogP contribution < -0.4 is 5.32 Å². The molecule has 0 radical (unpaired) electrons. The summed E-state index contributed by atoms with van der Waals surface area (Å²) in [4.78, 5) is 0.316. The van der Waals surface area contributed by atoms with Crippen LogP contribution in [0.2, 0.25) is 0 Å². The van der Waals surface area contributed by atoms with Gasteiger partial charge in [0.15, 0.2) is 9.84 Å². The second-order valence-electron chi connectivity index (χ2n) is 4.07. The van der Waals surface area contributed by atoms with E-state index in [1.165, 1.54) is 12.1 Å². The molecule has 2 aromatic rings. The zero-order valence-corrected chi connectivity index (χ0v) is 11.0. The van der Waals surface area contributed by atoms with Crippen LogP contribution in [0.3, 0.4) is 0 Å². The fourth-order valence-electron chi connectivity index (χ4n) is 1.64. The van der Waals surface area contributed by atoms with Crippen molar-refractivity contribution in [1.29, 1.82) is 0 Å². The smallest absolute Gasteiger partial charge is 0.180 e. The van der Waals surface area contributed by atoms with Gasteiger partial charge in [-0.25, -0.2) is 12.8 Å². The summed E-state index contributed by atoms with van der Waals surface area (Å²) in [6, 6.07) is 14.1. The lowest BCUT2D eigenvalue weighted by molar-refractivity contribution is 0.596. The Morgan fingerprint density at radius 2 is 1.58 bits per heavy atom. The van der Waals surface area contributed by atoms with Crippen molar-refractivity contribution in [3.8, 4) is 0 Å². The summed E-state index contributed by atoms with van der Waals surface area (Å²) in [7, 11) is -3.28. The van der Waals surface area contributed by atoms with E-state index in [9.17, 15) is 12.8 Å². The average molecular weight is 279 g/mol. The van der Waals surface area contributed by atoms with Crippen molar-refractivity contribution in [2.45, 2.75) is 4.90 Å². The van der Waals surface area contributed by atoms with E-state index in [1.807, 2.05) is 0 Å². The van der Waals surface area contributed by atoms with E-state index in [1.54, 1.807) is 42.5 Å². The van der Waals surface area contributed by atoms with E-state index in [-0.39, 0.29) is 18.1 Å². The first kappa shape index (κ1) is 13.5. The van der Waals surface area contributed by atoms with Gasteiger partial charge in [-0.15, -0.1) is 0 Å². The zero-order valence-electron chi connectivity index (χ0n) is 10.2. The van der Waals surface area contributed by atoms with Crippen molar-refractivity contribution in [3.63, 3.8) is 0 Å². The maximum absolute atomic E-state index is 12.7. The Morgan fingerprint density at radius 1 is 0.947 bits per heavy atom. The van der Waals surface area contributed by atoms with Gasteiger partial charge >= 0.3 is 0 Å². The first-order valence-electron chi connectivity index (χ1n) is 5.85. The predicted octanol–water partition coefficient (Wildman–Crippen LogP) is 2.71. The maximum Gasteiger partial charge on any atom is 0.180 e. The van der Waals surface area contributed by atoms with E-state index in [4.69, 9.17) is 0 Å². The number of anilines is 1. The van der Waals surface area contributed by atoms with Gasteiger partial charge in [-0.05, 0) is 36.4 Å². The molecule has 0 aliphatic heterocycles. The molecule has 0 spiro atoms. The van der Waals surface area contributed by atoms with Gasteiger partial charge in [0, 0.05) is 12.2 Å². The van der Waals surface area contributed by atoms with Gasteiger partial charge in [-0.3, -0.25) is 0 Å². The van der Waals surface area contributed by atoms with Gasteiger partial charge in [0.2, 0.25) is 0 Å². The summed E-state index contributed by atoms with van der Waals surface area (Å²) in [6.07, 6.45) is 0. The number of hydrogen-bond donors (Lipinski definition) is 1. The highest BCUT2D eigenvalue weighted by Crippen LogP contribution is 2.11. The molecule has 0 atom stereocenters. The summed E-state index contributed by atoms with van der Waals surface area (Å²) in [5.41, 5.74) is 0.699. The van der Waals surface area contributed by atoms with Crippen LogP contribution in [-0.2, 0) is 9.84 Å². The van der Waals surface area contributed by atoms with Gasteiger partial charge < -0.3 is 5.32 Å². The molecule has 3 nitrogen and oxygen atoms in total. The molecule has 0 aliphatic carbocycles. The highest BCUT2D eigenvalue weighted by Gasteiger charge is 2.12. The summed E-state index contributed by atoms with van der Waals surface area (Å²) in [6.45, 7) is 0.281. The van der Waals surface area contributed by atoms with Gasteiger partial charge in [-0.2, -0.15) is 0 Å². The van der Waals surface area contributed by atoms with Crippen LogP contribution in [0.4, 0.5) is 10.1 Å². The lowest BCUT2D eigenvalue weighted by Crippen LogP contribution is -2.15. The third kappa shape index (κ3) is 3.79. The average Bonchev–Trinajstić information content (AvgIpc) is 2.42. The molecule has 100 valence electrons. The van der Waals surface area contributed by atoms with E-state index in [0.29, 0.717) is 10.6 Å². The number of hydrogen-bond acceptors (Lipinski definition) is 3. The summed E-state index contributed by atoms with van der Waals surface area (Å²) in [5, 5.41) is 2.95. The Kier molecular flexibility index (Phi) is 4.16. The SMILES string of the molecule is O=S(=O)(CCNc1ccc(F)cc1)c1ccccc1. The quantitative estimate of drug-likeness (QED) is 0.915. The Bertz CT molecular complexity index is 624. The Labute approximate surface area is 112 Å². The summed E-state index contributed by atoms with van der Waals surface area (Å²) < 4.78 is 36.6. The predicted molar refractivity (Wildman–Crippen MR) is 73.4 cm³/mol. The molecule has 0 fully saturated rings. The van der Waals surface area contributed by atoms with Crippen molar-refractivity contribution >= 4 is 15.5 Å². The molecule has 19 heavy (non-hydrogen) atoms. The third-order valence-electron chi connectivity index (χ3n) is 2.65. The van der Waals surface area contributed by atoms with Crippen LogP contribution in [-0.4, -0.2) is 20.7 Å². The monoisotopic (exact) mass is 279 g/mol. The number of nitrogens with one attached hydrogen (secondary N) is 1. The Morgan fingerprint density at radius 3 is 2.21 bits per heavy atom. The fraction of sp³-hybridized carbons (Fsp3) is 0.143. The van der Waals surface area contributed by atoms with E-state index in [2.05, 4.69) is 5.32 Å². The topological polar surface area (TPSA) is 46.2 Å². The standard InChI is InChI=1S/C14H14FNO2S/c15-12-6-8-13(9-7-12)16-10-11-19(17,18)14-4-2-1-3-5-14/h1-9,16H,10-11H2. The van der Waals surface area contributed by atoms with Gasteiger partial charge in [0.1, 0.15) is 5.82 Å². The number of halogens is 1. The minimum atomic E-state index is -3.28. The highest BCUT2D eigenvalue weighted by molar-refractivity contribution is 7.91. The Balaban J connectivity index is 1.94. The molecule has 0 aliphatic rings. The third-order valence-corrected chi connectivity index (χ3v) is 4.38. The molecule has 0 amide bonds. The second kappa shape index (κ2) is 5.84. The van der Waals surface area contributed by atoms with Crippen molar-refractivity contribution in [1.82, 2.24) is 0 Å². The number of rotatable bonds is 5. The molecule has 2 rings (SSSR count). The Hall–Kier alpha value is -1.88. The highest BCUT2D eigenvalue weighted by atomic mass is 32.2. The van der Waals surface area contributed by atoms with Gasteiger partial charge in [0.05, 0.1) is 10.6 Å². The molecular formula is C14H14FNO2S. The zero-order chi connectivity index (χ0) is 13.7. The normalized spacial score (nSPS) is 11.2. The first-order valence-corrected chi connectivity index (χ1v) is 7.50. The lowest BCUT2D eigenvalue weighted by Gasteiger charge is -2.07. The molecule has 0 saturated heterocycles.